The van der Waals surface area contributed by atoms with Crippen molar-refractivity contribution in [3.05, 3.63) is 59.3 Å². The summed E-state index contributed by atoms with van der Waals surface area (Å²) < 4.78 is 105. The number of benzene rings is 1. The molecule has 0 amide bonds. The van der Waals surface area contributed by atoms with Crippen LogP contribution in [-0.4, -0.2) is 43.9 Å². The molecule has 1 saturated heterocycles. The molecule has 12 heteroatoms. The van der Waals surface area contributed by atoms with Gasteiger partial charge in [-0.2, -0.15) is 30.6 Å². The second kappa shape index (κ2) is 8.06. The normalized spacial score (nSPS) is 16.7. The van der Waals surface area contributed by atoms with E-state index in [-0.39, 0.29) is 37.6 Å². The van der Waals surface area contributed by atoms with Gasteiger partial charge >= 0.3 is 12.4 Å². The Bertz CT molecular complexity index is 999. The Morgan fingerprint density at radius 2 is 1.40 bits per heavy atom. The Kier molecular flexibility index (Phi) is 6.01. The van der Waals surface area contributed by atoms with Gasteiger partial charge in [0, 0.05) is 32.4 Å². The Labute approximate surface area is 169 Å². The summed E-state index contributed by atoms with van der Waals surface area (Å²) in [4.78, 5) is 5.09. The first-order valence-corrected chi connectivity index (χ1v) is 10.4. The predicted octanol–water partition coefficient (Wildman–Crippen LogP) is 3.77. The van der Waals surface area contributed by atoms with E-state index >= 15 is 0 Å². The van der Waals surface area contributed by atoms with Crippen molar-refractivity contribution in [2.45, 2.75) is 18.1 Å². The SMILES string of the molecule is O=S(=O)(Cc1ccccc1C(F)(F)F)N1CCN(c2ncccc2C(F)(F)F)CC1. The molecular formula is C18H17F6N3O2S. The summed E-state index contributed by atoms with van der Waals surface area (Å²) in [7, 11) is -4.10. The first kappa shape index (κ1) is 22.3. The van der Waals surface area contributed by atoms with Crippen LogP contribution in [0.4, 0.5) is 32.2 Å². The summed E-state index contributed by atoms with van der Waals surface area (Å²) in [5.41, 5.74) is -2.34. The number of pyridine rings is 1. The maximum Gasteiger partial charge on any atom is 0.419 e. The zero-order valence-electron chi connectivity index (χ0n) is 15.4. The maximum absolute atomic E-state index is 13.2. The van der Waals surface area contributed by atoms with Crippen molar-refractivity contribution in [2.75, 3.05) is 31.1 Å². The van der Waals surface area contributed by atoms with Gasteiger partial charge in [0.25, 0.3) is 0 Å². The molecule has 0 N–H and O–H groups in total. The van der Waals surface area contributed by atoms with Gasteiger partial charge in [0.2, 0.25) is 10.0 Å². The number of anilines is 1. The highest BCUT2D eigenvalue weighted by molar-refractivity contribution is 7.88. The summed E-state index contributed by atoms with van der Waals surface area (Å²) in [6, 6.07) is 6.44. The maximum atomic E-state index is 13.2. The van der Waals surface area contributed by atoms with Crippen LogP contribution in [0.15, 0.2) is 42.6 Å². The molecule has 0 radical (unpaired) electrons. The monoisotopic (exact) mass is 453 g/mol. The van der Waals surface area contributed by atoms with Crippen LogP contribution in [-0.2, 0) is 28.1 Å². The lowest BCUT2D eigenvalue weighted by atomic mass is 10.1. The van der Waals surface area contributed by atoms with Crippen LogP contribution in [0.3, 0.4) is 0 Å². The van der Waals surface area contributed by atoms with Gasteiger partial charge in [0.05, 0.1) is 16.9 Å². The zero-order chi connectivity index (χ0) is 22.2. The molecule has 0 bridgehead atoms. The summed E-state index contributed by atoms with van der Waals surface area (Å²) in [5, 5.41) is 0. The highest BCUT2D eigenvalue weighted by Crippen LogP contribution is 2.36. The number of alkyl halides is 6. The van der Waals surface area contributed by atoms with E-state index in [4.69, 9.17) is 0 Å². The molecular weight excluding hydrogens is 436 g/mol. The Hall–Kier alpha value is -2.34. The van der Waals surface area contributed by atoms with E-state index in [0.29, 0.717) is 0 Å². The molecule has 2 aromatic rings. The molecule has 0 spiro atoms. The third kappa shape index (κ3) is 4.86. The van der Waals surface area contributed by atoms with Crippen LogP contribution >= 0.6 is 0 Å². The smallest absolute Gasteiger partial charge is 0.353 e. The second-order valence-electron chi connectivity index (χ2n) is 6.67. The number of sulfonamides is 1. The average Bonchev–Trinajstić information content (AvgIpc) is 2.67. The van der Waals surface area contributed by atoms with Gasteiger partial charge in [0.15, 0.2) is 0 Å². The Morgan fingerprint density at radius 1 is 0.833 bits per heavy atom. The van der Waals surface area contributed by atoms with E-state index < -0.39 is 39.3 Å². The predicted molar refractivity (Wildman–Crippen MR) is 97.1 cm³/mol. The lowest BCUT2D eigenvalue weighted by Crippen LogP contribution is -2.49. The highest BCUT2D eigenvalue weighted by Gasteiger charge is 2.38. The molecule has 0 atom stereocenters. The average molecular weight is 453 g/mol. The van der Waals surface area contributed by atoms with Crippen molar-refractivity contribution in [3.63, 3.8) is 0 Å². The molecule has 1 aliphatic rings. The minimum Gasteiger partial charge on any atom is -0.353 e. The number of halogens is 6. The van der Waals surface area contributed by atoms with Gasteiger partial charge in [-0.1, -0.05) is 18.2 Å². The molecule has 0 unspecified atom stereocenters. The van der Waals surface area contributed by atoms with E-state index in [2.05, 4.69) is 4.98 Å². The molecule has 164 valence electrons. The van der Waals surface area contributed by atoms with Crippen LogP contribution in [0.5, 0.6) is 0 Å². The molecule has 5 nitrogen and oxygen atoms in total. The third-order valence-electron chi connectivity index (χ3n) is 4.68. The number of nitrogens with zero attached hydrogens (tertiary/aromatic N) is 3. The molecule has 0 saturated carbocycles. The van der Waals surface area contributed by atoms with Crippen molar-refractivity contribution in [2.24, 2.45) is 0 Å². The van der Waals surface area contributed by atoms with E-state index in [0.717, 1.165) is 28.6 Å². The summed E-state index contributed by atoms with van der Waals surface area (Å²) in [6.45, 7) is -0.463. The first-order valence-electron chi connectivity index (χ1n) is 8.80. The Morgan fingerprint density at radius 3 is 2.00 bits per heavy atom. The molecule has 1 aliphatic heterocycles. The zero-order valence-corrected chi connectivity index (χ0v) is 16.2. The third-order valence-corrected chi connectivity index (χ3v) is 6.51. The highest BCUT2D eigenvalue weighted by atomic mass is 32.2. The summed E-state index contributed by atoms with van der Waals surface area (Å²) >= 11 is 0. The largest absolute Gasteiger partial charge is 0.419 e. The van der Waals surface area contributed by atoms with Crippen LogP contribution in [0.2, 0.25) is 0 Å². The van der Waals surface area contributed by atoms with E-state index in [9.17, 15) is 34.8 Å². The molecule has 3 rings (SSSR count). The van der Waals surface area contributed by atoms with Gasteiger partial charge < -0.3 is 4.90 Å². The first-order chi connectivity index (χ1) is 13.9. The van der Waals surface area contributed by atoms with Gasteiger partial charge in [-0.25, -0.2) is 13.4 Å². The van der Waals surface area contributed by atoms with Gasteiger partial charge in [-0.05, 0) is 23.8 Å². The quantitative estimate of drug-likeness (QED) is 0.662. The van der Waals surface area contributed by atoms with E-state index in [1.165, 1.54) is 23.2 Å². The van der Waals surface area contributed by atoms with Crippen LogP contribution in [0.25, 0.3) is 0 Å². The van der Waals surface area contributed by atoms with Gasteiger partial charge in [-0.3, -0.25) is 0 Å². The molecule has 1 fully saturated rings. The fourth-order valence-electron chi connectivity index (χ4n) is 3.26. The van der Waals surface area contributed by atoms with Gasteiger partial charge in [0.1, 0.15) is 5.82 Å². The fourth-order valence-corrected chi connectivity index (χ4v) is 4.81. The van der Waals surface area contributed by atoms with Crippen molar-refractivity contribution in [1.82, 2.24) is 9.29 Å². The number of aromatic nitrogens is 1. The standard InChI is InChI=1S/C18H17F6N3O2S/c19-17(20,21)14-5-2-1-4-13(14)12-30(28,29)27-10-8-26(9-11-27)16-15(18(22,23)24)6-3-7-25-16/h1-7H,8-12H2. The van der Waals surface area contributed by atoms with E-state index in [1.54, 1.807) is 0 Å². The molecule has 1 aromatic heterocycles. The molecule has 1 aromatic carbocycles. The van der Waals surface area contributed by atoms with Crippen LogP contribution in [0, 0.1) is 0 Å². The number of piperazine rings is 1. The molecule has 30 heavy (non-hydrogen) atoms. The lowest BCUT2D eigenvalue weighted by Gasteiger charge is -2.35. The van der Waals surface area contributed by atoms with Crippen LogP contribution in [0.1, 0.15) is 16.7 Å². The van der Waals surface area contributed by atoms with E-state index in [1.807, 2.05) is 0 Å². The second-order valence-corrected chi connectivity index (χ2v) is 8.64. The number of rotatable bonds is 4. The minimum atomic E-state index is -4.70. The summed E-state index contributed by atoms with van der Waals surface area (Å²) in [6.07, 6.45) is -8.10. The van der Waals surface area contributed by atoms with Crippen molar-refractivity contribution >= 4 is 15.8 Å². The van der Waals surface area contributed by atoms with Crippen molar-refractivity contribution in [1.29, 1.82) is 0 Å². The topological polar surface area (TPSA) is 53.5 Å². The lowest BCUT2D eigenvalue weighted by molar-refractivity contribution is -0.138. The van der Waals surface area contributed by atoms with Gasteiger partial charge in [-0.15, -0.1) is 0 Å². The minimum absolute atomic E-state index is 0.0692. The van der Waals surface area contributed by atoms with Crippen molar-refractivity contribution < 1.29 is 34.8 Å². The van der Waals surface area contributed by atoms with Crippen LogP contribution < -0.4 is 4.90 Å². The number of hydrogen-bond donors (Lipinski definition) is 0. The number of hydrogen-bond acceptors (Lipinski definition) is 4. The Balaban J connectivity index is 1.75. The van der Waals surface area contributed by atoms with Crippen molar-refractivity contribution in [3.8, 4) is 0 Å². The molecule has 0 aliphatic carbocycles. The fraction of sp³-hybridized carbons (Fsp3) is 0.389. The summed E-state index contributed by atoms with van der Waals surface area (Å²) in [5.74, 6) is -1.15. The molecule has 2 heterocycles.